The molecule has 0 fully saturated rings. The molecule has 20 heavy (non-hydrogen) atoms. The number of aromatic amines is 2. The molecule has 2 heterocycles. The van der Waals surface area contributed by atoms with Gasteiger partial charge in [0.15, 0.2) is 0 Å². The molecule has 0 radical (unpaired) electrons. The van der Waals surface area contributed by atoms with Crippen LogP contribution in [-0.4, -0.2) is 20.4 Å². The van der Waals surface area contributed by atoms with Gasteiger partial charge in [0.25, 0.3) is 0 Å². The zero-order valence-electron chi connectivity index (χ0n) is 10.3. The summed E-state index contributed by atoms with van der Waals surface area (Å²) in [5.41, 5.74) is 1.96. The third-order valence-electron chi connectivity index (χ3n) is 2.86. The fourth-order valence-electron chi connectivity index (χ4n) is 1.86. The summed E-state index contributed by atoms with van der Waals surface area (Å²) in [7, 11) is 0. The topological polar surface area (TPSA) is 57.4 Å². The molecule has 2 N–H and O–H groups in total. The lowest BCUT2D eigenvalue weighted by Gasteiger charge is -1.88. The second-order valence-electron chi connectivity index (χ2n) is 4.14. The van der Waals surface area contributed by atoms with Gasteiger partial charge in [-0.3, -0.25) is 10.2 Å². The van der Waals surface area contributed by atoms with Crippen LogP contribution in [0.2, 0.25) is 10.0 Å². The van der Waals surface area contributed by atoms with Crippen LogP contribution >= 0.6 is 23.2 Å². The van der Waals surface area contributed by atoms with E-state index in [1.165, 1.54) is 0 Å². The largest absolute Gasteiger partial charge is 0.278 e. The Balaban J connectivity index is 0.000000121. The molecule has 0 amide bonds. The van der Waals surface area contributed by atoms with E-state index < -0.39 is 0 Å². The summed E-state index contributed by atoms with van der Waals surface area (Å²) in [6.45, 7) is 0. The Hall–Kier alpha value is -2.04. The standard InChI is InChI=1S/2C7H5ClN2/c2*8-6-2-1-3-7-5(6)4-9-10-7/h2*1-4H,(H,9,10). The molecule has 0 aliphatic rings. The van der Waals surface area contributed by atoms with E-state index in [1.807, 2.05) is 36.4 Å². The molecule has 4 nitrogen and oxygen atoms in total. The number of aromatic nitrogens is 4. The average Bonchev–Trinajstić information content (AvgIpc) is 3.08. The van der Waals surface area contributed by atoms with Crippen LogP contribution in [0.1, 0.15) is 0 Å². The first-order chi connectivity index (χ1) is 9.75. The zero-order valence-corrected chi connectivity index (χ0v) is 11.8. The number of H-pyrrole nitrogens is 2. The average molecular weight is 305 g/mol. The highest BCUT2D eigenvalue weighted by atomic mass is 35.5. The molecule has 2 aromatic carbocycles. The van der Waals surface area contributed by atoms with E-state index in [0.29, 0.717) is 0 Å². The van der Waals surface area contributed by atoms with Crippen molar-refractivity contribution >= 4 is 45.0 Å². The molecule has 0 bridgehead atoms. The van der Waals surface area contributed by atoms with Crippen LogP contribution in [0.5, 0.6) is 0 Å². The first-order valence-electron chi connectivity index (χ1n) is 5.91. The van der Waals surface area contributed by atoms with Crippen molar-refractivity contribution in [3.63, 3.8) is 0 Å². The molecule has 100 valence electrons. The first-order valence-corrected chi connectivity index (χ1v) is 6.66. The number of hydrogen-bond donors (Lipinski definition) is 2. The minimum atomic E-state index is 0.742. The highest BCUT2D eigenvalue weighted by molar-refractivity contribution is 6.35. The summed E-state index contributed by atoms with van der Waals surface area (Å²) in [4.78, 5) is 0. The van der Waals surface area contributed by atoms with Crippen LogP contribution in [0.4, 0.5) is 0 Å². The first kappa shape index (κ1) is 13.0. The lowest BCUT2D eigenvalue weighted by atomic mass is 10.3. The van der Waals surface area contributed by atoms with Crippen LogP contribution in [0.25, 0.3) is 21.8 Å². The zero-order chi connectivity index (χ0) is 13.9. The minimum Gasteiger partial charge on any atom is -0.278 e. The molecule has 2 aromatic heterocycles. The van der Waals surface area contributed by atoms with Gasteiger partial charge in [-0.2, -0.15) is 10.2 Å². The summed E-state index contributed by atoms with van der Waals surface area (Å²) in [6, 6.07) is 11.4. The van der Waals surface area contributed by atoms with E-state index in [0.717, 1.165) is 31.9 Å². The normalized spacial score (nSPS) is 10.5. The highest BCUT2D eigenvalue weighted by Gasteiger charge is 1.97. The second kappa shape index (κ2) is 5.53. The number of fused-ring (bicyclic) bond motifs is 2. The van der Waals surface area contributed by atoms with Gasteiger partial charge in [0, 0.05) is 10.8 Å². The third kappa shape index (κ3) is 2.48. The van der Waals surface area contributed by atoms with Crippen molar-refractivity contribution in [2.24, 2.45) is 0 Å². The van der Waals surface area contributed by atoms with E-state index in [4.69, 9.17) is 23.2 Å². The van der Waals surface area contributed by atoms with Crippen molar-refractivity contribution in [1.82, 2.24) is 20.4 Å². The molecule has 0 saturated heterocycles. The molecule has 0 unspecified atom stereocenters. The number of hydrogen-bond acceptors (Lipinski definition) is 2. The maximum absolute atomic E-state index is 5.84. The van der Waals surface area contributed by atoms with Gasteiger partial charge in [-0.05, 0) is 24.3 Å². The number of halogens is 2. The Bertz CT molecular complexity index is 778. The fourth-order valence-corrected chi connectivity index (χ4v) is 2.31. The molecule has 0 saturated carbocycles. The predicted octanol–water partition coefficient (Wildman–Crippen LogP) is 4.43. The van der Waals surface area contributed by atoms with Crippen molar-refractivity contribution in [2.75, 3.05) is 0 Å². The Labute approximate surface area is 124 Å². The van der Waals surface area contributed by atoms with Gasteiger partial charge in [0.05, 0.1) is 33.5 Å². The minimum absolute atomic E-state index is 0.742. The molecule has 4 rings (SSSR count). The van der Waals surface area contributed by atoms with Crippen molar-refractivity contribution in [2.45, 2.75) is 0 Å². The molecule has 0 aliphatic heterocycles. The third-order valence-corrected chi connectivity index (χ3v) is 3.52. The molecule has 0 spiro atoms. The Morgan fingerprint density at radius 1 is 0.700 bits per heavy atom. The maximum Gasteiger partial charge on any atom is 0.0665 e. The van der Waals surface area contributed by atoms with Crippen LogP contribution in [0.3, 0.4) is 0 Å². The van der Waals surface area contributed by atoms with Crippen LogP contribution in [-0.2, 0) is 0 Å². The lowest BCUT2D eigenvalue weighted by molar-refractivity contribution is 1.12. The van der Waals surface area contributed by atoms with Crippen molar-refractivity contribution in [3.8, 4) is 0 Å². The molecular formula is C14H10Cl2N4. The number of benzene rings is 2. The van der Waals surface area contributed by atoms with E-state index >= 15 is 0 Å². The smallest absolute Gasteiger partial charge is 0.0665 e. The number of nitrogens with zero attached hydrogens (tertiary/aromatic N) is 2. The van der Waals surface area contributed by atoms with Crippen molar-refractivity contribution in [3.05, 3.63) is 58.8 Å². The number of rotatable bonds is 0. The fraction of sp³-hybridized carbons (Fsp3) is 0. The monoisotopic (exact) mass is 304 g/mol. The molecule has 0 aliphatic carbocycles. The van der Waals surface area contributed by atoms with Gasteiger partial charge in [-0.1, -0.05) is 35.3 Å². The molecule has 6 heteroatoms. The maximum atomic E-state index is 5.84. The molecular weight excluding hydrogens is 295 g/mol. The quantitative estimate of drug-likeness (QED) is 0.505. The molecule has 4 aromatic rings. The Morgan fingerprint density at radius 2 is 1.15 bits per heavy atom. The lowest BCUT2D eigenvalue weighted by Crippen LogP contribution is -1.66. The van der Waals surface area contributed by atoms with Gasteiger partial charge in [-0.15, -0.1) is 0 Å². The van der Waals surface area contributed by atoms with Gasteiger partial charge in [-0.25, -0.2) is 0 Å². The van der Waals surface area contributed by atoms with E-state index in [1.54, 1.807) is 12.4 Å². The summed E-state index contributed by atoms with van der Waals surface area (Å²) in [6.07, 6.45) is 3.44. The van der Waals surface area contributed by atoms with Crippen LogP contribution in [0.15, 0.2) is 48.8 Å². The summed E-state index contributed by atoms with van der Waals surface area (Å²) >= 11 is 11.7. The predicted molar refractivity (Wildman–Crippen MR) is 82.2 cm³/mol. The summed E-state index contributed by atoms with van der Waals surface area (Å²) in [5.74, 6) is 0. The summed E-state index contributed by atoms with van der Waals surface area (Å²) < 4.78 is 0. The van der Waals surface area contributed by atoms with Crippen LogP contribution in [0, 0.1) is 0 Å². The van der Waals surface area contributed by atoms with Crippen molar-refractivity contribution in [1.29, 1.82) is 0 Å². The Kier molecular flexibility index (Phi) is 3.58. The van der Waals surface area contributed by atoms with Crippen LogP contribution < -0.4 is 0 Å². The van der Waals surface area contributed by atoms with E-state index in [9.17, 15) is 0 Å². The van der Waals surface area contributed by atoms with Gasteiger partial charge in [0.2, 0.25) is 0 Å². The highest BCUT2D eigenvalue weighted by Crippen LogP contribution is 2.20. The van der Waals surface area contributed by atoms with Crippen molar-refractivity contribution < 1.29 is 0 Å². The second-order valence-corrected chi connectivity index (χ2v) is 4.96. The van der Waals surface area contributed by atoms with Gasteiger partial charge >= 0.3 is 0 Å². The van der Waals surface area contributed by atoms with E-state index in [-0.39, 0.29) is 0 Å². The molecule has 0 atom stereocenters. The van der Waals surface area contributed by atoms with Gasteiger partial charge in [0.1, 0.15) is 0 Å². The number of nitrogens with one attached hydrogen (secondary N) is 2. The van der Waals surface area contributed by atoms with E-state index in [2.05, 4.69) is 20.4 Å². The van der Waals surface area contributed by atoms with Gasteiger partial charge < -0.3 is 0 Å². The Morgan fingerprint density at radius 3 is 1.55 bits per heavy atom. The SMILES string of the molecule is Clc1cccc2[nH]ncc12.Clc1cccc2[nH]ncc12. The summed E-state index contributed by atoms with van der Waals surface area (Å²) in [5, 5.41) is 16.8.